The van der Waals surface area contributed by atoms with Gasteiger partial charge in [0.05, 0.1) is 24.2 Å². The van der Waals surface area contributed by atoms with E-state index in [1.165, 1.54) is 23.5 Å². The van der Waals surface area contributed by atoms with Gasteiger partial charge >= 0.3 is 0 Å². The van der Waals surface area contributed by atoms with Crippen LogP contribution in [0.4, 0.5) is 11.4 Å². The summed E-state index contributed by atoms with van der Waals surface area (Å²) in [6.07, 6.45) is -0.118. The molecule has 0 saturated heterocycles. The van der Waals surface area contributed by atoms with Crippen molar-refractivity contribution in [2.24, 2.45) is 0 Å². The van der Waals surface area contributed by atoms with Gasteiger partial charge in [0.15, 0.2) is 6.10 Å². The monoisotopic (exact) mass is 466 g/mol. The Hall–Kier alpha value is -3.52. The number of methoxy groups -OCH3 is 1. The van der Waals surface area contributed by atoms with Gasteiger partial charge in [-0.05, 0) is 73.0 Å². The van der Waals surface area contributed by atoms with Gasteiger partial charge in [-0.2, -0.15) is 0 Å². The van der Waals surface area contributed by atoms with Crippen LogP contribution in [0.1, 0.15) is 18.1 Å². The van der Waals surface area contributed by atoms with E-state index in [1.807, 2.05) is 37.3 Å². The lowest BCUT2D eigenvalue weighted by Crippen LogP contribution is -2.48. The van der Waals surface area contributed by atoms with Crippen molar-refractivity contribution in [3.8, 4) is 11.5 Å². The fourth-order valence-electron chi connectivity index (χ4n) is 3.65. The lowest BCUT2D eigenvalue weighted by Gasteiger charge is -2.35. The first-order valence-corrected chi connectivity index (χ1v) is 12.1. The summed E-state index contributed by atoms with van der Waals surface area (Å²) in [4.78, 5) is 13.1. The first kappa shape index (κ1) is 22.7. The summed E-state index contributed by atoms with van der Waals surface area (Å²) in [6, 6.07) is 18.9. The van der Waals surface area contributed by atoms with Gasteiger partial charge in [0.2, 0.25) is 0 Å². The predicted molar refractivity (Wildman–Crippen MR) is 128 cm³/mol. The third-order valence-corrected chi connectivity index (χ3v) is 7.35. The zero-order valence-electron chi connectivity index (χ0n) is 18.7. The van der Waals surface area contributed by atoms with Gasteiger partial charge in [-0.1, -0.05) is 25.1 Å². The minimum atomic E-state index is -3.94. The van der Waals surface area contributed by atoms with Crippen LogP contribution in [0.5, 0.6) is 11.5 Å². The number of sulfonamides is 1. The minimum absolute atomic E-state index is 0.103. The maximum atomic E-state index is 13.5. The molecule has 1 N–H and O–H groups in total. The number of anilines is 2. The van der Waals surface area contributed by atoms with Crippen LogP contribution < -0.4 is 19.1 Å². The lowest BCUT2D eigenvalue weighted by molar-refractivity contribution is -0.122. The molecule has 0 radical (unpaired) electrons. The Kier molecular flexibility index (Phi) is 6.29. The lowest BCUT2D eigenvalue weighted by atomic mass is 10.1. The molecule has 0 unspecified atom stereocenters. The quantitative estimate of drug-likeness (QED) is 0.590. The smallest absolute Gasteiger partial charge is 0.267 e. The molecule has 3 aromatic carbocycles. The molecule has 0 aliphatic carbocycles. The topological polar surface area (TPSA) is 84.9 Å². The molecular formula is C25H26N2O5S. The van der Waals surface area contributed by atoms with Gasteiger partial charge in [0, 0.05) is 5.69 Å². The second kappa shape index (κ2) is 9.15. The zero-order valence-corrected chi connectivity index (χ0v) is 19.6. The Balaban J connectivity index is 1.65. The third-order valence-electron chi connectivity index (χ3n) is 5.55. The van der Waals surface area contributed by atoms with Crippen LogP contribution in [0.2, 0.25) is 0 Å². The van der Waals surface area contributed by atoms with E-state index in [-0.39, 0.29) is 11.4 Å². The molecule has 0 bridgehead atoms. The highest BCUT2D eigenvalue weighted by atomic mass is 32.2. The number of nitrogens with one attached hydrogen (secondary N) is 1. The molecule has 0 saturated carbocycles. The van der Waals surface area contributed by atoms with E-state index < -0.39 is 22.0 Å². The summed E-state index contributed by atoms with van der Waals surface area (Å²) in [6.45, 7) is 3.79. The average Bonchev–Trinajstić information content (AvgIpc) is 2.83. The van der Waals surface area contributed by atoms with E-state index in [0.29, 0.717) is 22.9 Å². The highest BCUT2D eigenvalue weighted by Gasteiger charge is 2.37. The summed E-state index contributed by atoms with van der Waals surface area (Å²) < 4.78 is 39.4. The molecule has 7 nitrogen and oxygen atoms in total. The number of rotatable bonds is 6. The number of hydrogen-bond donors (Lipinski definition) is 1. The molecule has 0 fully saturated rings. The van der Waals surface area contributed by atoms with Crippen molar-refractivity contribution in [1.82, 2.24) is 0 Å². The van der Waals surface area contributed by atoms with Gasteiger partial charge in [-0.25, -0.2) is 8.42 Å². The third kappa shape index (κ3) is 4.66. The average molecular weight is 467 g/mol. The fraction of sp³-hybridized carbons (Fsp3) is 0.240. The van der Waals surface area contributed by atoms with Crippen LogP contribution in [0.15, 0.2) is 71.6 Å². The highest BCUT2D eigenvalue weighted by molar-refractivity contribution is 7.92. The summed E-state index contributed by atoms with van der Waals surface area (Å²) in [5.74, 6) is 0.486. The van der Waals surface area contributed by atoms with Crippen LogP contribution >= 0.6 is 0 Å². The van der Waals surface area contributed by atoms with E-state index >= 15 is 0 Å². The molecule has 0 spiro atoms. The van der Waals surface area contributed by atoms with Crippen LogP contribution in [0.3, 0.4) is 0 Å². The number of amides is 1. The van der Waals surface area contributed by atoms with E-state index in [4.69, 9.17) is 9.47 Å². The van der Waals surface area contributed by atoms with Crippen LogP contribution in [0.25, 0.3) is 0 Å². The Labute approximate surface area is 194 Å². The van der Waals surface area contributed by atoms with E-state index in [2.05, 4.69) is 12.2 Å². The molecule has 33 heavy (non-hydrogen) atoms. The van der Waals surface area contributed by atoms with Gasteiger partial charge in [-0.3, -0.25) is 9.10 Å². The maximum Gasteiger partial charge on any atom is 0.267 e. The van der Waals surface area contributed by atoms with Crippen molar-refractivity contribution < 1.29 is 22.7 Å². The fourth-order valence-corrected chi connectivity index (χ4v) is 5.12. The molecule has 1 amide bonds. The predicted octanol–water partition coefficient (Wildman–Crippen LogP) is 4.16. The SMILES string of the molecule is CCc1ccc(NC(=O)[C@@H]2CN(S(=O)(=O)c3ccc(OC)cc3)c3ccc(C)cc3O2)cc1. The van der Waals surface area contributed by atoms with Gasteiger partial charge in [0.1, 0.15) is 11.5 Å². The standard InChI is InChI=1S/C25H26N2O5S/c1-4-18-6-8-19(9-7-18)26-25(28)24-16-27(22-14-5-17(2)15-23(22)32-24)33(29,30)21-12-10-20(31-3)11-13-21/h5-15,24H,4,16H2,1-3H3,(H,26,28)/t24-/m0/s1. The normalized spacial score (nSPS) is 15.4. The largest absolute Gasteiger partial charge is 0.497 e. The number of fused-ring (bicyclic) bond motifs is 1. The maximum absolute atomic E-state index is 13.5. The first-order valence-electron chi connectivity index (χ1n) is 10.7. The zero-order chi connectivity index (χ0) is 23.6. The Morgan fingerprint density at radius 2 is 1.79 bits per heavy atom. The summed E-state index contributed by atoms with van der Waals surface area (Å²) in [5, 5.41) is 2.83. The van der Waals surface area contributed by atoms with Crippen LogP contribution in [-0.4, -0.2) is 34.1 Å². The number of hydrogen-bond acceptors (Lipinski definition) is 5. The highest BCUT2D eigenvalue weighted by Crippen LogP contribution is 2.38. The van der Waals surface area contributed by atoms with Crippen molar-refractivity contribution in [2.75, 3.05) is 23.3 Å². The Morgan fingerprint density at radius 1 is 1.09 bits per heavy atom. The molecule has 4 rings (SSSR count). The van der Waals surface area contributed by atoms with Crippen LogP contribution in [0, 0.1) is 6.92 Å². The van der Waals surface area contributed by atoms with E-state index in [9.17, 15) is 13.2 Å². The summed E-state index contributed by atoms with van der Waals surface area (Å²) >= 11 is 0. The molecular weight excluding hydrogens is 440 g/mol. The summed E-state index contributed by atoms with van der Waals surface area (Å²) in [5.41, 5.74) is 3.07. The van der Waals surface area contributed by atoms with E-state index in [1.54, 1.807) is 24.3 Å². The molecule has 172 valence electrons. The molecule has 8 heteroatoms. The van der Waals surface area contributed by atoms with Crippen molar-refractivity contribution >= 4 is 27.3 Å². The summed E-state index contributed by atoms with van der Waals surface area (Å²) in [7, 11) is -2.43. The Bertz CT molecular complexity index is 1250. The second-order valence-electron chi connectivity index (χ2n) is 7.83. The Morgan fingerprint density at radius 3 is 2.42 bits per heavy atom. The number of carbonyl (C=O) groups is 1. The van der Waals surface area contributed by atoms with Gasteiger partial charge in [-0.15, -0.1) is 0 Å². The van der Waals surface area contributed by atoms with Gasteiger partial charge < -0.3 is 14.8 Å². The molecule has 1 atom stereocenters. The number of nitrogens with zero attached hydrogens (tertiary/aromatic N) is 1. The first-order chi connectivity index (χ1) is 15.8. The van der Waals surface area contributed by atoms with E-state index in [0.717, 1.165) is 17.5 Å². The number of ether oxygens (including phenoxy) is 2. The molecule has 1 aliphatic rings. The van der Waals surface area contributed by atoms with Crippen molar-refractivity contribution in [1.29, 1.82) is 0 Å². The number of benzene rings is 3. The van der Waals surface area contributed by atoms with Crippen molar-refractivity contribution in [2.45, 2.75) is 31.3 Å². The second-order valence-corrected chi connectivity index (χ2v) is 9.69. The molecule has 1 heterocycles. The van der Waals surface area contributed by atoms with Crippen LogP contribution in [-0.2, 0) is 21.2 Å². The minimum Gasteiger partial charge on any atom is -0.497 e. The van der Waals surface area contributed by atoms with Gasteiger partial charge in [0.25, 0.3) is 15.9 Å². The molecule has 0 aromatic heterocycles. The number of aryl methyl sites for hydroxylation is 2. The molecule has 1 aliphatic heterocycles. The van der Waals surface area contributed by atoms with Crippen molar-refractivity contribution in [3.63, 3.8) is 0 Å². The van der Waals surface area contributed by atoms with Crippen molar-refractivity contribution in [3.05, 3.63) is 77.9 Å². The number of carbonyl (C=O) groups excluding carboxylic acids is 1. The molecule has 3 aromatic rings.